The third-order valence-electron chi connectivity index (χ3n) is 3.38. The van der Waals surface area contributed by atoms with Crippen LogP contribution in [0.15, 0.2) is 5.38 Å². The molecule has 3 nitrogen and oxygen atoms in total. The largest absolute Gasteiger partial charge is 0.306 e. The number of likely N-dealkylation sites (N-methyl/N-ethyl adjacent to an activating group) is 1. The minimum atomic E-state index is -0.455. The predicted molar refractivity (Wildman–Crippen MR) is 70.2 cm³/mol. The van der Waals surface area contributed by atoms with E-state index in [4.69, 9.17) is 5.26 Å². The summed E-state index contributed by atoms with van der Waals surface area (Å²) >= 11 is 1.62. The van der Waals surface area contributed by atoms with E-state index in [-0.39, 0.29) is 0 Å². The summed E-state index contributed by atoms with van der Waals surface area (Å²) in [6.45, 7) is 6.15. The van der Waals surface area contributed by atoms with Crippen LogP contribution in [0.2, 0.25) is 0 Å². The average molecular weight is 249 g/mol. The first-order chi connectivity index (χ1) is 8.03. The molecular formula is C13H19N3S. The molecule has 1 saturated heterocycles. The Bertz CT molecular complexity index is 430. The molecule has 1 aliphatic heterocycles. The van der Waals surface area contributed by atoms with Crippen molar-refractivity contribution in [3.8, 4) is 6.07 Å². The zero-order chi connectivity index (χ0) is 12.5. The van der Waals surface area contributed by atoms with Crippen molar-refractivity contribution >= 4 is 11.3 Å². The highest BCUT2D eigenvalue weighted by Crippen LogP contribution is 2.31. The van der Waals surface area contributed by atoms with E-state index in [1.165, 1.54) is 25.1 Å². The van der Waals surface area contributed by atoms with Crippen LogP contribution in [-0.2, 0) is 5.41 Å². The quantitative estimate of drug-likeness (QED) is 0.809. The van der Waals surface area contributed by atoms with Gasteiger partial charge in [-0.2, -0.15) is 5.26 Å². The Morgan fingerprint density at radius 3 is 3.00 bits per heavy atom. The Morgan fingerprint density at radius 1 is 1.59 bits per heavy atom. The Hall–Kier alpha value is -0.920. The van der Waals surface area contributed by atoms with E-state index in [2.05, 4.69) is 28.4 Å². The van der Waals surface area contributed by atoms with Gasteiger partial charge in [0.2, 0.25) is 0 Å². The Kier molecular flexibility index (Phi) is 3.50. The molecular weight excluding hydrogens is 230 g/mol. The summed E-state index contributed by atoms with van der Waals surface area (Å²) in [6.07, 6.45) is 2.47. The molecule has 0 bridgehead atoms. The minimum Gasteiger partial charge on any atom is -0.306 e. The zero-order valence-electron chi connectivity index (χ0n) is 10.7. The van der Waals surface area contributed by atoms with Crippen molar-refractivity contribution in [2.75, 3.05) is 20.1 Å². The molecule has 2 heterocycles. The molecule has 1 atom stereocenters. The van der Waals surface area contributed by atoms with Crippen molar-refractivity contribution in [3.63, 3.8) is 0 Å². The zero-order valence-corrected chi connectivity index (χ0v) is 11.5. The normalized spacial score (nSPS) is 22.4. The monoisotopic (exact) mass is 249 g/mol. The van der Waals surface area contributed by atoms with Gasteiger partial charge in [0.15, 0.2) is 0 Å². The van der Waals surface area contributed by atoms with Gasteiger partial charge in [0.25, 0.3) is 0 Å². The second-order valence-electron chi connectivity index (χ2n) is 5.42. The summed E-state index contributed by atoms with van der Waals surface area (Å²) in [5.74, 6) is 0.549. The van der Waals surface area contributed by atoms with Crippen molar-refractivity contribution in [3.05, 3.63) is 16.1 Å². The number of nitrogens with zero attached hydrogens (tertiary/aromatic N) is 3. The second kappa shape index (κ2) is 4.75. The van der Waals surface area contributed by atoms with Crippen LogP contribution in [0.25, 0.3) is 0 Å². The highest BCUT2D eigenvalue weighted by Gasteiger charge is 2.27. The average Bonchev–Trinajstić information content (AvgIpc) is 2.79. The van der Waals surface area contributed by atoms with Gasteiger partial charge in [-0.15, -0.1) is 11.3 Å². The van der Waals surface area contributed by atoms with Gasteiger partial charge in [-0.3, -0.25) is 0 Å². The summed E-state index contributed by atoms with van der Waals surface area (Å²) in [6, 6.07) is 2.32. The Morgan fingerprint density at radius 2 is 2.35 bits per heavy atom. The minimum absolute atomic E-state index is 0.455. The van der Waals surface area contributed by atoms with E-state index >= 15 is 0 Å². The number of likely N-dealkylation sites (tertiary alicyclic amines) is 1. The number of hydrogen-bond acceptors (Lipinski definition) is 4. The first-order valence-electron chi connectivity index (χ1n) is 6.08. The molecule has 0 aromatic carbocycles. The van der Waals surface area contributed by atoms with Crippen LogP contribution >= 0.6 is 11.3 Å². The van der Waals surface area contributed by atoms with Gasteiger partial charge in [-0.05, 0) is 40.3 Å². The van der Waals surface area contributed by atoms with Gasteiger partial charge in [0.05, 0.1) is 11.8 Å². The third kappa shape index (κ3) is 2.67. The molecule has 4 heteroatoms. The number of thiazole rings is 1. The Balaban J connectivity index is 2.16. The summed E-state index contributed by atoms with van der Waals surface area (Å²) in [5, 5.41) is 12.2. The molecule has 0 saturated carbocycles. The molecule has 1 unspecified atom stereocenters. The van der Waals surface area contributed by atoms with Gasteiger partial charge in [-0.25, -0.2) is 4.98 Å². The summed E-state index contributed by atoms with van der Waals surface area (Å²) < 4.78 is 0. The molecule has 1 fully saturated rings. The van der Waals surface area contributed by atoms with Crippen LogP contribution in [0, 0.1) is 11.3 Å². The number of aromatic nitrogens is 1. The lowest BCUT2D eigenvalue weighted by molar-refractivity contribution is 0.248. The first kappa shape index (κ1) is 12.5. The highest BCUT2D eigenvalue weighted by atomic mass is 32.1. The fraction of sp³-hybridized carbons (Fsp3) is 0.692. The standard InChI is InChI=1S/C13H19N3S/c1-13(2,9-14)12-15-11(8-17-12)10-5-4-6-16(3)7-10/h8,10H,4-7H2,1-3H3. The molecule has 0 amide bonds. The smallest absolute Gasteiger partial charge is 0.113 e. The van der Waals surface area contributed by atoms with E-state index in [1.54, 1.807) is 11.3 Å². The molecule has 0 spiro atoms. The number of rotatable bonds is 2. The number of nitriles is 1. The van der Waals surface area contributed by atoms with E-state index in [0.29, 0.717) is 5.92 Å². The van der Waals surface area contributed by atoms with Crippen molar-refractivity contribution in [1.82, 2.24) is 9.88 Å². The SMILES string of the molecule is CN1CCCC(c2csc(C(C)(C)C#N)n2)C1. The molecule has 1 aliphatic rings. The van der Waals surface area contributed by atoms with Crippen LogP contribution in [0.5, 0.6) is 0 Å². The highest BCUT2D eigenvalue weighted by molar-refractivity contribution is 7.09. The van der Waals surface area contributed by atoms with Crippen molar-refractivity contribution < 1.29 is 0 Å². The van der Waals surface area contributed by atoms with Crippen molar-refractivity contribution in [2.45, 2.75) is 38.0 Å². The fourth-order valence-corrected chi connectivity index (χ4v) is 3.19. The lowest BCUT2D eigenvalue weighted by Crippen LogP contribution is -2.31. The van der Waals surface area contributed by atoms with Gasteiger partial charge >= 0.3 is 0 Å². The van der Waals surface area contributed by atoms with Gasteiger partial charge in [0, 0.05) is 17.8 Å². The van der Waals surface area contributed by atoms with Crippen LogP contribution in [0.4, 0.5) is 0 Å². The molecule has 1 aromatic heterocycles. The van der Waals surface area contributed by atoms with Crippen LogP contribution < -0.4 is 0 Å². The predicted octanol–water partition coefficient (Wildman–Crippen LogP) is 2.75. The van der Waals surface area contributed by atoms with E-state index in [0.717, 1.165) is 11.6 Å². The molecule has 17 heavy (non-hydrogen) atoms. The molecule has 0 aliphatic carbocycles. The van der Waals surface area contributed by atoms with Crippen LogP contribution in [0.1, 0.15) is 43.3 Å². The Labute approximate surface area is 107 Å². The van der Waals surface area contributed by atoms with Crippen LogP contribution in [-0.4, -0.2) is 30.0 Å². The number of hydrogen-bond donors (Lipinski definition) is 0. The topological polar surface area (TPSA) is 39.9 Å². The van der Waals surface area contributed by atoms with Crippen LogP contribution in [0.3, 0.4) is 0 Å². The number of piperidine rings is 1. The summed E-state index contributed by atoms with van der Waals surface area (Å²) in [5.41, 5.74) is 0.726. The molecule has 2 rings (SSSR count). The van der Waals surface area contributed by atoms with Gasteiger partial charge < -0.3 is 4.90 Å². The maximum atomic E-state index is 9.12. The second-order valence-corrected chi connectivity index (χ2v) is 6.27. The summed E-state index contributed by atoms with van der Waals surface area (Å²) in [4.78, 5) is 7.04. The fourth-order valence-electron chi connectivity index (χ4n) is 2.22. The third-order valence-corrected chi connectivity index (χ3v) is 4.56. The molecule has 1 aromatic rings. The lowest BCUT2D eigenvalue weighted by atomic mass is 9.94. The van der Waals surface area contributed by atoms with E-state index in [9.17, 15) is 0 Å². The van der Waals surface area contributed by atoms with E-state index < -0.39 is 5.41 Å². The molecule has 0 radical (unpaired) electrons. The van der Waals surface area contributed by atoms with Crippen molar-refractivity contribution in [1.29, 1.82) is 5.26 Å². The summed E-state index contributed by atoms with van der Waals surface area (Å²) in [7, 11) is 2.17. The van der Waals surface area contributed by atoms with Gasteiger partial charge in [-0.1, -0.05) is 0 Å². The molecule has 0 N–H and O–H groups in total. The van der Waals surface area contributed by atoms with Gasteiger partial charge in [0.1, 0.15) is 10.4 Å². The first-order valence-corrected chi connectivity index (χ1v) is 6.96. The maximum Gasteiger partial charge on any atom is 0.113 e. The van der Waals surface area contributed by atoms with Crippen molar-refractivity contribution in [2.24, 2.45) is 0 Å². The lowest BCUT2D eigenvalue weighted by Gasteiger charge is -2.28. The maximum absolute atomic E-state index is 9.12. The molecule has 92 valence electrons. The van der Waals surface area contributed by atoms with E-state index in [1.807, 2.05) is 13.8 Å².